The van der Waals surface area contributed by atoms with Gasteiger partial charge in [-0.2, -0.15) is 4.98 Å². The zero-order valence-corrected chi connectivity index (χ0v) is 18.6. The standard InChI is InChI=1S/C25H23N5O3/c1-17-16-29-21-22(27(2)25(32)28(3)23(21)31)26-24(29)30(17)19-13-7-8-14-20(19)33-15-9-12-18-10-5-4-6-11-18/h4-14,16H,15H2,1-3H3. The molecule has 5 rings (SSSR count). The predicted octanol–water partition coefficient (Wildman–Crippen LogP) is 3.08. The number of hydrogen-bond donors (Lipinski definition) is 0. The molecule has 0 bridgehead atoms. The van der Waals surface area contributed by atoms with Crippen LogP contribution in [-0.4, -0.2) is 29.7 Å². The molecule has 0 aliphatic rings. The van der Waals surface area contributed by atoms with Crippen LogP contribution in [0.15, 0.2) is 76.5 Å². The maximum atomic E-state index is 12.8. The van der Waals surface area contributed by atoms with Crippen LogP contribution >= 0.6 is 0 Å². The number of ether oxygens (including phenoxy) is 1. The van der Waals surface area contributed by atoms with Crippen molar-refractivity contribution in [3.8, 4) is 11.4 Å². The maximum Gasteiger partial charge on any atom is 0.332 e. The third-order valence-corrected chi connectivity index (χ3v) is 5.69. The summed E-state index contributed by atoms with van der Waals surface area (Å²) in [5.74, 6) is 1.22. The smallest absolute Gasteiger partial charge is 0.332 e. The summed E-state index contributed by atoms with van der Waals surface area (Å²) in [6.07, 6.45) is 5.83. The van der Waals surface area contributed by atoms with Gasteiger partial charge in [0.25, 0.3) is 5.56 Å². The van der Waals surface area contributed by atoms with Gasteiger partial charge < -0.3 is 4.74 Å². The zero-order chi connectivity index (χ0) is 23.1. The van der Waals surface area contributed by atoms with Crippen molar-refractivity contribution < 1.29 is 4.74 Å². The molecule has 0 unspecified atom stereocenters. The number of aromatic nitrogens is 5. The lowest BCUT2D eigenvalue weighted by atomic mass is 10.2. The van der Waals surface area contributed by atoms with Crippen molar-refractivity contribution in [1.29, 1.82) is 0 Å². The van der Waals surface area contributed by atoms with Crippen molar-refractivity contribution in [2.75, 3.05) is 6.61 Å². The number of hydrogen-bond acceptors (Lipinski definition) is 4. The first-order valence-electron chi connectivity index (χ1n) is 10.6. The SMILES string of the molecule is Cc1cn2c3c(=O)n(C)c(=O)n(C)c3nc2n1-c1ccccc1OCC=Cc1ccccc1. The van der Waals surface area contributed by atoms with Gasteiger partial charge in [0.15, 0.2) is 11.2 Å². The van der Waals surface area contributed by atoms with Crippen LogP contribution in [0.25, 0.3) is 28.7 Å². The third-order valence-electron chi connectivity index (χ3n) is 5.69. The molecule has 0 saturated heterocycles. The molecule has 33 heavy (non-hydrogen) atoms. The van der Waals surface area contributed by atoms with Crippen molar-refractivity contribution in [2.24, 2.45) is 14.1 Å². The molecule has 0 amide bonds. The first-order chi connectivity index (χ1) is 16.0. The lowest BCUT2D eigenvalue weighted by Crippen LogP contribution is -2.37. The van der Waals surface area contributed by atoms with Crippen LogP contribution in [0.4, 0.5) is 0 Å². The normalized spacial score (nSPS) is 11.7. The Balaban J connectivity index is 1.59. The average molecular weight is 441 g/mol. The molecule has 3 heterocycles. The van der Waals surface area contributed by atoms with E-state index in [2.05, 4.69) is 4.98 Å². The highest BCUT2D eigenvalue weighted by atomic mass is 16.5. The minimum Gasteiger partial charge on any atom is -0.487 e. The summed E-state index contributed by atoms with van der Waals surface area (Å²) >= 11 is 0. The molecule has 0 fully saturated rings. The Bertz CT molecular complexity index is 1630. The molecule has 0 saturated carbocycles. The van der Waals surface area contributed by atoms with E-state index in [1.54, 1.807) is 11.4 Å². The lowest BCUT2D eigenvalue weighted by Gasteiger charge is -2.12. The number of para-hydroxylation sites is 2. The van der Waals surface area contributed by atoms with E-state index in [0.29, 0.717) is 29.3 Å². The van der Waals surface area contributed by atoms with Crippen LogP contribution in [0.5, 0.6) is 5.75 Å². The Kier molecular flexibility index (Phi) is 4.97. The minimum absolute atomic E-state index is 0.344. The summed E-state index contributed by atoms with van der Waals surface area (Å²) in [6.45, 7) is 2.34. The van der Waals surface area contributed by atoms with E-state index in [-0.39, 0.29) is 5.56 Å². The fourth-order valence-corrected chi connectivity index (χ4v) is 4.03. The first kappa shape index (κ1) is 20.6. The van der Waals surface area contributed by atoms with Crippen LogP contribution in [0.1, 0.15) is 11.3 Å². The second-order valence-electron chi connectivity index (χ2n) is 7.86. The molecule has 8 heteroatoms. The van der Waals surface area contributed by atoms with E-state index in [4.69, 9.17) is 4.74 Å². The molecule has 5 aromatic rings. The van der Waals surface area contributed by atoms with E-state index >= 15 is 0 Å². The van der Waals surface area contributed by atoms with Crippen molar-refractivity contribution >= 4 is 23.0 Å². The Labute approximate surface area is 189 Å². The Hall–Kier alpha value is -4.33. The Morgan fingerprint density at radius 1 is 0.970 bits per heavy atom. The van der Waals surface area contributed by atoms with Gasteiger partial charge in [-0.05, 0) is 30.7 Å². The molecule has 3 aromatic heterocycles. The molecule has 166 valence electrons. The maximum absolute atomic E-state index is 12.8. The minimum atomic E-state index is -0.412. The third kappa shape index (κ3) is 3.36. The molecule has 0 aliphatic heterocycles. The molecule has 0 spiro atoms. The molecule has 0 radical (unpaired) electrons. The number of fused-ring (bicyclic) bond motifs is 3. The van der Waals surface area contributed by atoms with E-state index in [1.165, 1.54) is 11.6 Å². The van der Waals surface area contributed by atoms with Gasteiger partial charge in [0.2, 0.25) is 5.78 Å². The van der Waals surface area contributed by atoms with Gasteiger partial charge in [-0.1, -0.05) is 48.5 Å². The monoisotopic (exact) mass is 441 g/mol. The number of imidazole rings is 2. The molecule has 0 atom stereocenters. The molecule has 0 aliphatic carbocycles. The van der Waals surface area contributed by atoms with E-state index in [1.807, 2.05) is 84.4 Å². The Morgan fingerprint density at radius 3 is 2.48 bits per heavy atom. The van der Waals surface area contributed by atoms with Crippen LogP contribution in [0.3, 0.4) is 0 Å². The van der Waals surface area contributed by atoms with Gasteiger partial charge in [-0.3, -0.25) is 22.9 Å². The van der Waals surface area contributed by atoms with Crippen molar-refractivity contribution in [3.63, 3.8) is 0 Å². The van der Waals surface area contributed by atoms with Crippen molar-refractivity contribution in [3.05, 3.63) is 99.0 Å². The summed E-state index contributed by atoms with van der Waals surface area (Å²) in [7, 11) is 3.09. The lowest BCUT2D eigenvalue weighted by molar-refractivity contribution is 0.362. The number of aryl methyl sites for hydroxylation is 2. The van der Waals surface area contributed by atoms with Gasteiger partial charge in [0, 0.05) is 26.0 Å². The quantitative estimate of drug-likeness (QED) is 0.420. The highest BCUT2D eigenvalue weighted by molar-refractivity contribution is 5.76. The number of rotatable bonds is 5. The van der Waals surface area contributed by atoms with Gasteiger partial charge in [0.1, 0.15) is 12.4 Å². The Morgan fingerprint density at radius 2 is 1.70 bits per heavy atom. The summed E-state index contributed by atoms with van der Waals surface area (Å²) in [6, 6.07) is 17.7. The molecular formula is C25H23N5O3. The van der Waals surface area contributed by atoms with Gasteiger partial charge in [-0.25, -0.2) is 4.79 Å². The van der Waals surface area contributed by atoms with E-state index in [9.17, 15) is 9.59 Å². The second kappa shape index (κ2) is 7.98. The fourth-order valence-electron chi connectivity index (χ4n) is 4.03. The summed E-state index contributed by atoms with van der Waals surface area (Å²) < 4.78 is 12.2. The van der Waals surface area contributed by atoms with Crippen molar-refractivity contribution in [2.45, 2.75) is 6.92 Å². The first-order valence-corrected chi connectivity index (χ1v) is 10.6. The largest absolute Gasteiger partial charge is 0.487 e. The number of nitrogens with zero attached hydrogens (tertiary/aromatic N) is 5. The summed E-state index contributed by atoms with van der Waals surface area (Å²) in [5, 5.41) is 0. The van der Waals surface area contributed by atoms with Crippen LogP contribution in [0.2, 0.25) is 0 Å². The van der Waals surface area contributed by atoms with E-state index in [0.717, 1.165) is 21.5 Å². The van der Waals surface area contributed by atoms with Crippen LogP contribution in [-0.2, 0) is 14.1 Å². The molecular weight excluding hydrogens is 418 g/mol. The van der Waals surface area contributed by atoms with Gasteiger partial charge >= 0.3 is 5.69 Å². The second-order valence-corrected chi connectivity index (χ2v) is 7.86. The average Bonchev–Trinajstić information content (AvgIpc) is 3.34. The topological polar surface area (TPSA) is 75.5 Å². The summed E-state index contributed by atoms with van der Waals surface area (Å²) in [4.78, 5) is 29.9. The van der Waals surface area contributed by atoms with Gasteiger partial charge in [-0.15, -0.1) is 0 Å². The predicted molar refractivity (Wildman–Crippen MR) is 128 cm³/mol. The summed E-state index contributed by atoms with van der Waals surface area (Å²) in [5.41, 5.74) is 2.70. The van der Waals surface area contributed by atoms with Gasteiger partial charge in [0.05, 0.1) is 5.69 Å². The molecule has 0 N–H and O–H groups in total. The molecule has 8 nitrogen and oxygen atoms in total. The zero-order valence-electron chi connectivity index (χ0n) is 18.6. The highest BCUT2D eigenvalue weighted by Gasteiger charge is 2.20. The molecule has 2 aromatic carbocycles. The van der Waals surface area contributed by atoms with Crippen molar-refractivity contribution in [1.82, 2.24) is 23.1 Å². The highest BCUT2D eigenvalue weighted by Crippen LogP contribution is 2.28. The number of benzene rings is 2. The van der Waals surface area contributed by atoms with Crippen LogP contribution in [0, 0.1) is 6.92 Å². The fraction of sp³-hybridized carbons (Fsp3) is 0.160. The van der Waals surface area contributed by atoms with E-state index < -0.39 is 5.69 Å². The van der Waals surface area contributed by atoms with Crippen LogP contribution < -0.4 is 16.0 Å².